The van der Waals surface area contributed by atoms with Crippen LogP contribution in [0.5, 0.6) is 0 Å². The third-order valence-corrected chi connectivity index (χ3v) is 6.33. The Kier molecular flexibility index (Phi) is 9.32. The first-order chi connectivity index (χ1) is 15.5. The number of anilines is 1. The standard InChI is InChI=1S/C26H35NO5/c1-19(28)27-23-14-12-20(13-15-23)16-24(25(29)31-17-21-8-4-2-5-9-21)26(30)32-18-22-10-6-3-7-11-22/h12-16,21-22H,2-11,17-18H2,1H3,(H,27,28). The van der Waals surface area contributed by atoms with Crippen molar-refractivity contribution in [3.63, 3.8) is 0 Å². The first kappa shape index (κ1) is 24.0. The van der Waals surface area contributed by atoms with Gasteiger partial charge in [-0.2, -0.15) is 0 Å². The molecule has 0 aromatic heterocycles. The van der Waals surface area contributed by atoms with Gasteiger partial charge < -0.3 is 14.8 Å². The summed E-state index contributed by atoms with van der Waals surface area (Å²) in [6, 6.07) is 6.94. The maximum Gasteiger partial charge on any atom is 0.345 e. The molecular weight excluding hydrogens is 406 g/mol. The number of nitrogens with one attached hydrogen (secondary N) is 1. The second-order valence-electron chi connectivity index (χ2n) is 9.07. The van der Waals surface area contributed by atoms with Crippen molar-refractivity contribution >= 4 is 29.6 Å². The van der Waals surface area contributed by atoms with Crippen LogP contribution in [-0.4, -0.2) is 31.1 Å². The molecule has 0 atom stereocenters. The predicted octanol–water partition coefficient (Wildman–Crippen LogP) is 5.28. The molecule has 1 N–H and O–H groups in total. The van der Waals surface area contributed by atoms with E-state index in [1.54, 1.807) is 24.3 Å². The Morgan fingerprint density at radius 2 is 1.28 bits per heavy atom. The van der Waals surface area contributed by atoms with Crippen LogP contribution < -0.4 is 5.32 Å². The minimum Gasteiger partial charge on any atom is -0.462 e. The third-order valence-electron chi connectivity index (χ3n) is 6.33. The highest BCUT2D eigenvalue weighted by Crippen LogP contribution is 2.26. The molecule has 1 aromatic rings. The second kappa shape index (κ2) is 12.4. The highest BCUT2D eigenvalue weighted by atomic mass is 16.6. The van der Waals surface area contributed by atoms with Crippen LogP contribution in [0.15, 0.2) is 29.8 Å². The van der Waals surface area contributed by atoms with E-state index in [-0.39, 0.29) is 11.5 Å². The van der Waals surface area contributed by atoms with Crippen LogP contribution in [0.25, 0.3) is 6.08 Å². The van der Waals surface area contributed by atoms with Gasteiger partial charge in [-0.05, 0) is 61.3 Å². The summed E-state index contributed by atoms with van der Waals surface area (Å²) in [7, 11) is 0. The minimum absolute atomic E-state index is 0.0797. The Balaban J connectivity index is 1.68. The number of ether oxygens (including phenoxy) is 2. The Morgan fingerprint density at radius 1 is 0.812 bits per heavy atom. The average molecular weight is 442 g/mol. The number of hydrogen-bond donors (Lipinski definition) is 1. The van der Waals surface area contributed by atoms with Crippen molar-refractivity contribution in [3.8, 4) is 0 Å². The highest BCUT2D eigenvalue weighted by molar-refractivity contribution is 6.17. The van der Waals surface area contributed by atoms with E-state index >= 15 is 0 Å². The molecule has 32 heavy (non-hydrogen) atoms. The molecule has 0 saturated heterocycles. The van der Waals surface area contributed by atoms with Gasteiger partial charge in [-0.25, -0.2) is 9.59 Å². The zero-order chi connectivity index (χ0) is 22.8. The largest absolute Gasteiger partial charge is 0.462 e. The third kappa shape index (κ3) is 7.81. The molecule has 2 saturated carbocycles. The molecule has 2 aliphatic carbocycles. The van der Waals surface area contributed by atoms with E-state index in [1.165, 1.54) is 25.8 Å². The van der Waals surface area contributed by atoms with Gasteiger partial charge in [0.25, 0.3) is 0 Å². The lowest BCUT2D eigenvalue weighted by Gasteiger charge is -2.22. The Hall–Kier alpha value is -2.63. The molecule has 1 amide bonds. The van der Waals surface area contributed by atoms with E-state index in [2.05, 4.69) is 5.32 Å². The normalized spacial score (nSPS) is 17.3. The first-order valence-corrected chi connectivity index (χ1v) is 11.9. The lowest BCUT2D eigenvalue weighted by atomic mass is 9.90. The molecule has 2 fully saturated rings. The van der Waals surface area contributed by atoms with Crippen LogP contribution in [0.2, 0.25) is 0 Å². The fourth-order valence-electron chi connectivity index (χ4n) is 4.48. The summed E-state index contributed by atoms with van der Waals surface area (Å²) in [4.78, 5) is 36.9. The van der Waals surface area contributed by atoms with E-state index in [0.29, 0.717) is 36.3 Å². The van der Waals surface area contributed by atoms with Crippen LogP contribution in [0, 0.1) is 11.8 Å². The lowest BCUT2D eigenvalue weighted by molar-refractivity contribution is -0.148. The molecule has 0 spiro atoms. The second-order valence-corrected chi connectivity index (χ2v) is 9.07. The molecule has 3 rings (SSSR count). The van der Waals surface area contributed by atoms with Crippen molar-refractivity contribution < 1.29 is 23.9 Å². The van der Waals surface area contributed by atoms with Gasteiger partial charge >= 0.3 is 11.9 Å². The Morgan fingerprint density at radius 3 is 1.72 bits per heavy atom. The minimum atomic E-state index is -0.629. The summed E-state index contributed by atoms with van der Waals surface area (Å²) in [6.45, 7) is 2.12. The number of hydrogen-bond acceptors (Lipinski definition) is 5. The van der Waals surface area contributed by atoms with Crippen LogP contribution in [0.4, 0.5) is 5.69 Å². The van der Waals surface area contributed by atoms with Crippen molar-refractivity contribution in [3.05, 3.63) is 35.4 Å². The molecule has 0 bridgehead atoms. The highest BCUT2D eigenvalue weighted by Gasteiger charge is 2.25. The van der Waals surface area contributed by atoms with Crippen molar-refractivity contribution in [2.45, 2.75) is 71.1 Å². The average Bonchev–Trinajstić information content (AvgIpc) is 2.81. The smallest absolute Gasteiger partial charge is 0.345 e. The molecule has 6 nitrogen and oxygen atoms in total. The summed E-state index contributed by atoms with van der Waals surface area (Å²) in [5, 5.41) is 2.70. The monoisotopic (exact) mass is 441 g/mol. The van der Waals surface area contributed by atoms with Crippen LogP contribution in [-0.2, 0) is 23.9 Å². The topological polar surface area (TPSA) is 81.7 Å². The molecule has 0 heterocycles. The lowest BCUT2D eigenvalue weighted by Crippen LogP contribution is -2.24. The van der Waals surface area contributed by atoms with Gasteiger partial charge in [0.05, 0.1) is 13.2 Å². The number of rotatable bonds is 8. The van der Waals surface area contributed by atoms with Gasteiger partial charge in [-0.1, -0.05) is 50.7 Å². The summed E-state index contributed by atoms with van der Waals surface area (Å²) in [6.07, 6.45) is 12.9. The van der Waals surface area contributed by atoms with Gasteiger partial charge in [0, 0.05) is 12.6 Å². The SMILES string of the molecule is CC(=O)Nc1ccc(C=C(C(=O)OCC2CCCCC2)C(=O)OCC2CCCCC2)cc1. The van der Waals surface area contributed by atoms with E-state index in [4.69, 9.17) is 9.47 Å². The van der Waals surface area contributed by atoms with Gasteiger partial charge in [0.1, 0.15) is 5.57 Å². The predicted molar refractivity (Wildman–Crippen MR) is 124 cm³/mol. The summed E-state index contributed by atoms with van der Waals surface area (Å²) in [5.41, 5.74) is 1.23. The maximum atomic E-state index is 12.8. The van der Waals surface area contributed by atoms with Crippen molar-refractivity contribution in [1.82, 2.24) is 0 Å². The number of benzene rings is 1. The molecule has 6 heteroatoms. The molecule has 2 aliphatic rings. The van der Waals surface area contributed by atoms with Crippen molar-refractivity contribution in [2.75, 3.05) is 18.5 Å². The number of carbonyl (C=O) groups excluding carboxylic acids is 3. The van der Waals surface area contributed by atoms with Gasteiger partial charge in [-0.15, -0.1) is 0 Å². The number of esters is 2. The summed E-state index contributed by atoms with van der Waals surface area (Å²) < 4.78 is 11.1. The van der Waals surface area contributed by atoms with Crippen molar-refractivity contribution in [2.24, 2.45) is 11.8 Å². The van der Waals surface area contributed by atoms with E-state index in [1.807, 2.05) is 0 Å². The van der Waals surface area contributed by atoms with E-state index in [0.717, 1.165) is 51.4 Å². The van der Waals surface area contributed by atoms with E-state index < -0.39 is 11.9 Å². The van der Waals surface area contributed by atoms with Crippen LogP contribution in [0.3, 0.4) is 0 Å². The van der Waals surface area contributed by atoms with Gasteiger partial charge in [-0.3, -0.25) is 4.79 Å². The fraction of sp³-hybridized carbons (Fsp3) is 0.577. The zero-order valence-electron chi connectivity index (χ0n) is 19.1. The molecule has 0 aliphatic heterocycles. The van der Waals surface area contributed by atoms with Gasteiger partial charge in [0.2, 0.25) is 5.91 Å². The molecule has 0 radical (unpaired) electrons. The van der Waals surface area contributed by atoms with Crippen LogP contribution >= 0.6 is 0 Å². The summed E-state index contributed by atoms with van der Waals surface area (Å²) >= 11 is 0. The Labute approximate surface area is 190 Å². The number of carbonyl (C=O) groups is 3. The van der Waals surface area contributed by atoms with Crippen molar-refractivity contribution in [1.29, 1.82) is 0 Å². The molecule has 0 unspecified atom stereocenters. The van der Waals surface area contributed by atoms with E-state index in [9.17, 15) is 14.4 Å². The van der Waals surface area contributed by atoms with Gasteiger partial charge in [0.15, 0.2) is 0 Å². The summed E-state index contributed by atoms with van der Waals surface area (Å²) in [5.74, 6) is -0.690. The maximum absolute atomic E-state index is 12.8. The molecule has 174 valence electrons. The Bertz CT molecular complexity index is 766. The quantitative estimate of drug-likeness (QED) is 0.257. The number of amides is 1. The molecule has 1 aromatic carbocycles. The van der Waals surface area contributed by atoms with Crippen LogP contribution in [0.1, 0.15) is 76.7 Å². The molecular formula is C26H35NO5. The zero-order valence-corrected chi connectivity index (χ0v) is 19.1. The first-order valence-electron chi connectivity index (χ1n) is 11.9. The fourth-order valence-corrected chi connectivity index (χ4v) is 4.48.